The minimum atomic E-state index is -1.96. The second-order valence-electron chi connectivity index (χ2n) is 2.87. The summed E-state index contributed by atoms with van der Waals surface area (Å²) in [6.07, 6.45) is 1.12. The molecule has 0 amide bonds. The van der Waals surface area contributed by atoms with Crippen molar-refractivity contribution in [2.24, 2.45) is 0 Å². The van der Waals surface area contributed by atoms with Crippen molar-refractivity contribution in [3.63, 3.8) is 0 Å². The fourth-order valence-corrected chi connectivity index (χ4v) is 0.782. The Kier molecular flexibility index (Phi) is 2.20. The number of carboxylic acid groups (broad SMARTS) is 1. The molecule has 1 atom stereocenters. The van der Waals surface area contributed by atoms with E-state index in [1.165, 1.54) is 0 Å². The van der Waals surface area contributed by atoms with Crippen LogP contribution in [0, 0.1) is 0 Å². The molecule has 3 N–H and O–H groups in total. The van der Waals surface area contributed by atoms with E-state index in [0.717, 1.165) is 17.8 Å². The number of aliphatic carboxylic acids is 1. The Labute approximate surface area is 72.6 Å². The number of aliphatic hydroxyl groups is 1. The van der Waals surface area contributed by atoms with Gasteiger partial charge in [-0.1, -0.05) is 0 Å². The maximum absolute atomic E-state index is 10.9. The normalized spacial score (nSPS) is 15.2. The van der Waals surface area contributed by atoms with E-state index >= 15 is 0 Å². The van der Waals surface area contributed by atoms with Crippen LogP contribution in [0.2, 0.25) is 0 Å². The third-order valence-electron chi connectivity index (χ3n) is 1.56. The zero-order valence-corrected chi connectivity index (χ0v) is 6.89. The number of hydrogen-bond acceptors (Lipinski definition) is 4. The molecular weight excluding hydrogens is 178 g/mol. The number of aromatic amines is 1. The summed E-state index contributed by atoms with van der Waals surface area (Å²) >= 11 is 0. The molecule has 1 aromatic rings. The van der Waals surface area contributed by atoms with Crippen LogP contribution in [0.25, 0.3) is 0 Å². The van der Waals surface area contributed by atoms with E-state index in [2.05, 4.69) is 10.2 Å². The predicted octanol–water partition coefficient (Wildman–Crippen LogP) is -1.59. The summed E-state index contributed by atoms with van der Waals surface area (Å²) in [7, 11) is 0. The lowest BCUT2D eigenvalue weighted by Gasteiger charge is -2.16. The average Bonchev–Trinajstić information content (AvgIpc) is 2.35. The van der Waals surface area contributed by atoms with E-state index < -0.39 is 17.3 Å². The summed E-state index contributed by atoms with van der Waals surface area (Å²) in [6.45, 7) is 0.770. The summed E-state index contributed by atoms with van der Waals surface area (Å²) in [5.74, 6) is -1.39. The lowest BCUT2D eigenvalue weighted by atomic mass is 10.1. The van der Waals surface area contributed by atoms with Gasteiger partial charge in [0.25, 0.3) is 0 Å². The van der Waals surface area contributed by atoms with Crippen molar-refractivity contribution in [2.45, 2.75) is 19.1 Å². The first-order chi connectivity index (χ1) is 5.93. The van der Waals surface area contributed by atoms with Crippen molar-refractivity contribution in [2.75, 3.05) is 0 Å². The number of hydrogen-bond donors (Lipinski definition) is 3. The Balaban J connectivity index is 2.87. The lowest BCUT2D eigenvalue weighted by Crippen LogP contribution is -2.41. The van der Waals surface area contributed by atoms with E-state index in [1.54, 1.807) is 0 Å². The molecule has 1 heterocycles. The molecule has 0 aliphatic carbocycles. The molecule has 1 unspecified atom stereocenters. The van der Waals surface area contributed by atoms with Crippen molar-refractivity contribution in [1.82, 2.24) is 14.8 Å². The highest BCUT2D eigenvalue weighted by molar-refractivity contribution is 5.76. The van der Waals surface area contributed by atoms with E-state index in [0.29, 0.717) is 0 Å². The number of nitrogens with zero attached hydrogens (tertiary/aromatic N) is 2. The van der Waals surface area contributed by atoms with Crippen LogP contribution in [-0.4, -0.2) is 36.5 Å². The van der Waals surface area contributed by atoms with Crippen molar-refractivity contribution < 1.29 is 15.0 Å². The van der Waals surface area contributed by atoms with Gasteiger partial charge < -0.3 is 10.2 Å². The van der Waals surface area contributed by atoms with Crippen LogP contribution in [0.5, 0.6) is 0 Å². The van der Waals surface area contributed by atoms with E-state index in [-0.39, 0.29) is 6.54 Å². The molecule has 7 heteroatoms. The summed E-state index contributed by atoms with van der Waals surface area (Å²) in [5.41, 5.74) is -2.52. The zero-order chi connectivity index (χ0) is 10.1. The minimum Gasteiger partial charge on any atom is -0.479 e. The maximum Gasteiger partial charge on any atom is 0.343 e. The van der Waals surface area contributed by atoms with Crippen molar-refractivity contribution in [1.29, 1.82) is 0 Å². The SMILES string of the molecule is CC(O)(Cn1cn[nH]c1=O)C(=O)O. The topological polar surface area (TPSA) is 108 Å². The number of carboxylic acids is 1. The van der Waals surface area contributed by atoms with Crippen LogP contribution < -0.4 is 5.69 Å². The van der Waals surface area contributed by atoms with E-state index in [1.807, 2.05) is 0 Å². The first-order valence-electron chi connectivity index (χ1n) is 3.49. The molecule has 0 aromatic carbocycles. The standard InChI is InChI=1S/C6H9N3O4/c1-6(13,4(10)11)2-9-3-7-8-5(9)12/h3,13H,2H2,1H3,(H,8,12)(H,10,11). The molecule has 0 spiro atoms. The Morgan fingerprint density at radius 3 is 2.85 bits per heavy atom. The third kappa shape index (κ3) is 1.94. The van der Waals surface area contributed by atoms with E-state index in [9.17, 15) is 14.7 Å². The minimum absolute atomic E-state index is 0.336. The Hall–Kier alpha value is -1.63. The summed E-state index contributed by atoms with van der Waals surface area (Å²) in [4.78, 5) is 21.3. The maximum atomic E-state index is 10.9. The van der Waals surface area contributed by atoms with Crippen LogP contribution in [-0.2, 0) is 11.3 Å². The van der Waals surface area contributed by atoms with Gasteiger partial charge in [-0.05, 0) is 6.92 Å². The van der Waals surface area contributed by atoms with Crippen LogP contribution >= 0.6 is 0 Å². The molecule has 0 fully saturated rings. The van der Waals surface area contributed by atoms with Gasteiger partial charge in [0.2, 0.25) is 0 Å². The molecule has 7 nitrogen and oxygen atoms in total. The second-order valence-corrected chi connectivity index (χ2v) is 2.87. The molecule has 13 heavy (non-hydrogen) atoms. The number of nitrogens with one attached hydrogen (secondary N) is 1. The molecule has 0 aliphatic heterocycles. The summed E-state index contributed by atoms with van der Waals surface area (Å²) in [5, 5.41) is 23.3. The van der Waals surface area contributed by atoms with Crippen molar-refractivity contribution >= 4 is 5.97 Å². The zero-order valence-electron chi connectivity index (χ0n) is 6.89. The fraction of sp³-hybridized carbons (Fsp3) is 0.500. The molecule has 0 saturated heterocycles. The lowest BCUT2D eigenvalue weighted by molar-refractivity contribution is -0.157. The molecule has 0 bridgehead atoms. The van der Waals surface area contributed by atoms with Crippen LogP contribution in [0.15, 0.2) is 11.1 Å². The monoisotopic (exact) mass is 187 g/mol. The molecular formula is C6H9N3O4. The highest BCUT2D eigenvalue weighted by atomic mass is 16.4. The summed E-state index contributed by atoms with van der Waals surface area (Å²) < 4.78 is 0.980. The van der Waals surface area contributed by atoms with Gasteiger partial charge in [-0.2, -0.15) is 5.10 Å². The van der Waals surface area contributed by atoms with Gasteiger partial charge >= 0.3 is 11.7 Å². The van der Waals surface area contributed by atoms with Crippen molar-refractivity contribution in [3.8, 4) is 0 Å². The molecule has 72 valence electrons. The van der Waals surface area contributed by atoms with Gasteiger partial charge in [-0.25, -0.2) is 14.7 Å². The Morgan fingerprint density at radius 2 is 2.46 bits per heavy atom. The third-order valence-corrected chi connectivity index (χ3v) is 1.56. The number of H-pyrrole nitrogens is 1. The summed E-state index contributed by atoms with van der Waals surface area (Å²) in [6, 6.07) is 0. The first kappa shape index (κ1) is 9.46. The molecule has 1 rings (SSSR count). The van der Waals surface area contributed by atoms with Crippen LogP contribution in [0.3, 0.4) is 0 Å². The number of rotatable bonds is 3. The largest absolute Gasteiger partial charge is 0.479 e. The first-order valence-corrected chi connectivity index (χ1v) is 3.49. The van der Waals surface area contributed by atoms with Crippen LogP contribution in [0.1, 0.15) is 6.92 Å². The Bertz CT molecular complexity index is 364. The highest BCUT2D eigenvalue weighted by Crippen LogP contribution is 2.04. The number of carbonyl (C=O) groups is 1. The molecule has 1 aromatic heterocycles. The van der Waals surface area contributed by atoms with Gasteiger partial charge in [-0.15, -0.1) is 0 Å². The predicted molar refractivity (Wildman–Crippen MR) is 41.1 cm³/mol. The number of aromatic nitrogens is 3. The molecule has 0 radical (unpaired) electrons. The Morgan fingerprint density at radius 1 is 1.85 bits per heavy atom. The van der Waals surface area contributed by atoms with Gasteiger partial charge in [0.05, 0.1) is 6.54 Å². The van der Waals surface area contributed by atoms with E-state index in [4.69, 9.17) is 5.11 Å². The molecule has 0 saturated carbocycles. The smallest absolute Gasteiger partial charge is 0.343 e. The van der Waals surface area contributed by atoms with Gasteiger partial charge in [0, 0.05) is 0 Å². The quantitative estimate of drug-likeness (QED) is 0.528. The second kappa shape index (κ2) is 3.02. The average molecular weight is 187 g/mol. The highest BCUT2D eigenvalue weighted by Gasteiger charge is 2.30. The van der Waals surface area contributed by atoms with Crippen molar-refractivity contribution in [3.05, 3.63) is 16.8 Å². The fourth-order valence-electron chi connectivity index (χ4n) is 0.782. The van der Waals surface area contributed by atoms with Gasteiger partial charge in [-0.3, -0.25) is 4.57 Å². The molecule has 0 aliphatic rings. The van der Waals surface area contributed by atoms with Crippen LogP contribution in [0.4, 0.5) is 0 Å². The van der Waals surface area contributed by atoms with Gasteiger partial charge in [0.15, 0.2) is 5.60 Å². The van der Waals surface area contributed by atoms with Gasteiger partial charge in [0.1, 0.15) is 6.33 Å².